The Kier molecular flexibility index (Phi) is 4.59. The van der Waals surface area contributed by atoms with Crippen LogP contribution < -0.4 is 0 Å². The zero-order valence-corrected chi connectivity index (χ0v) is 9.49. The van der Waals surface area contributed by atoms with Crippen LogP contribution in [0.4, 0.5) is 0 Å². The Morgan fingerprint density at radius 1 is 1.27 bits per heavy atom. The van der Waals surface area contributed by atoms with Crippen molar-refractivity contribution in [1.29, 1.82) is 0 Å². The molecule has 1 heterocycles. The fourth-order valence-electron chi connectivity index (χ4n) is 1.87. The number of amides is 1. The highest BCUT2D eigenvalue weighted by atomic mass is 16.5. The van der Waals surface area contributed by atoms with Crippen LogP contribution in [-0.4, -0.2) is 36.5 Å². The molecule has 0 aromatic heterocycles. The number of ether oxygens (including phenoxy) is 1. The van der Waals surface area contributed by atoms with Gasteiger partial charge in [-0.1, -0.05) is 13.3 Å². The Morgan fingerprint density at radius 2 is 1.87 bits per heavy atom. The van der Waals surface area contributed by atoms with Crippen LogP contribution in [0.1, 0.15) is 33.1 Å². The van der Waals surface area contributed by atoms with E-state index in [0.29, 0.717) is 19.0 Å². The third-order valence-electron chi connectivity index (χ3n) is 2.93. The molecule has 4 nitrogen and oxygen atoms in total. The van der Waals surface area contributed by atoms with Gasteiger partial charge in [0.05, 0.1) is 6.61 Å². The van der Waals surface area contributed by atoms with Crippen LogP contribution in [0.15, 0.2) is 0 Å². The average Bonchev–Trinajstić information content (AvgIpc) is 2.28. The minimum absolute atomic E-state index is 0.260. The Balaban J connectivity index is 2.39. The first kappa shape index (κ1) is 12.0. The summed E-state index contributed by atoms with van der Waals surface area (Å²) in [4.78, 5) is 24.3. The van der Waals surface area contributed by atoms with Crippen LogP contribution in [0.25, 0.3) is 0 Å². The largest absolute Gasteiger partial charge is 0.459 e. The molecule has 15 heavy (non-hydrogen) atoms. The molecule has 1 aliphatic rings. The summed E-state index contributed by atoms with van der Waals surface area (Å²) >= 11 is 0. The van der Waals surface area contributed by atoms with Gasteiger partial charge < -0.3 is 9.64 Å². The van der Waals surface area contributed by atoms with Crippen LogP contribution >= 0.6 is 0 Å². The van der Waals surface area contributed by atoms with E-state index in [4.69, 9.17) is 0 Å². The standard InChI is InChI=1S/C11H19NO3/c1-3-9-5-7-12(8-6-9)10(13)11(14)15-4-2/h9H,3-8H2,1-2H3. The second-order valence-electron chi connectivity index (χ2n) is 3.86. The van der Waals surface area contributed by atoms with Gasteiger partial charge in [0.15, 0.2) is 0 Å². The van der Waals surface area contributed by atoms with Crippen LogP contribution in [0.2, 0.25) is 0 Å². The molecule has 0 unspecified atom stereocenters. The average molecular weight is 213 g/mol. The SMILES string of the molecule is CCOC(=O)C(=O)N1CCC(CC)CC1. The monoisotopic (exact) mass is 213 g/mol. The molecule has 0 radical (unpaired) electrons. The maximum atomic E-state index is 11.5. The number of carbonyl (C=O) groups is 2. The van der Waals surface area contributed by atoms with Gasteiger partial charge in [-0.3, -0.25) is 4.79 Å². The minimum atomic E-state index is -0.715. The third kappa shape index (κ3) is 3.22. The number of hydrogen-bond donors (Lipinski definition) is 0. The van der Waals surface area contributed by atoms with Gasteiger partial charge in [0.25, 0.3) is 0 Å². The van der Waals surface area contributed by atoms with Crippen LogP contribution in [0, 0.1) is 5.92 Å². The minimum Gasteiger partial charge on any atom is -0.459 e. The Hall–Kier alpha value is -1.06. The zero-order chi connectivity index (χ0) is 11.3. The Morgan fingerprint density at radius 3 is 2.33 bits per heavy atom. The van der Waals surface area contributed by atoms with Crippen molar-refractivity contribution in [1.82, 2.24) is 4.90 Å². The third-order valence-corrected chi connectivity index (χ3v) is 2.93. The molecule has 0 aromatic rings. The molecule has 0 aromatic carbocycles. The lowest BCUT2D eigenvalue weighted by Crippen LogP contribution is -2.42. The second kappa shape index (κ2) is 5.73. The number of piperidine rings is 1. The first-order valence-electron chi connectivity index (χ1n) is 5.65. The highest BCUT2D eigenvalue weighted by Crippen LogP contribution is 2.19. The molecule has 1 amide bonds. The van der Waals surface area contributed by atoms with Crippen molar-refractivity contribution in [3.8, 4) is 0 Å². The lowest BCUT2D eigenvalue weighted by molar-refractivity contribution is -0.160. The van der Waals surface area contributed by atoms with Gasteiger partial charge in [-0.25, -0.2) is 4.79 Å². The number of rotatable bonds is 2. The van der Waals surface area contributed by atoms with E-state index in [1.54, 1.807) is 11.8 Å². The molecule has 86 valence electrons. The van der Waals surface area contributed by atoms with Gasteiger partial charge in [-0.2, -0.15) is 0 Å². The van der Waals surface area contributed by atoms with Crippen molar-refractivity contribution in [2.75, 3.05) is 19.7 Å². The summed E-state index contributed by atoms with van der Waals surface area (Å²) < 4.78 is 4.68. The highest BCUT2D eigenvalue weighted by Gasteiger charge is 2.26. The first-order valence-corrected chi connectivity index (χ1v) is 5.65. The number of nitrogens with zero attached hydrogens (tertiary/aromatic N) is 1. The van der Waals surface area contributed by atoms with Gasteiger partial charge in [-0.15, -0.1) is 0 Å². The Bertz CT molecular complexity index is 232. The molecular weight excluding hydrogens is 194 g/mol. The predicted molar refractivity (Wildman–Crippen MR) is 56.2 cm³/mol. The molecular formula is C11H19NO3. The van der Waals surface area contributed by atoms with Crippen molar-refractivity contribution in [3.63, 3.8) is 0 Å². The van der Waals surface area contributed by atoms with E-state index >= 15 is 0 Å². The molecule has 1 rings (SSSR count). The van der Waals surface area contributed by atoms with E-state index in [1.807, 2.05) is 0 Å². The molecule has 0 bridgehead atoms. The van der Waals surface area contributed by atoms with Gasteiger partial charge in [0.2, 0.25) is 0 Å². The van der Waals surface area contributed by atoms with E-state index in [0.717, 1.165) is 19.3 Å². The molecule has 1 fully saturated rings. The Labute approximate surface area is 90.6 Å². The van der Waals surface area contributed by atoms with Crippen LogP contribution in [0.5, 0.6) is 0 Å². The summed E-state index contributed by atoms with van der Waals surface area (Å²) in [5, 5.41) is 0. The molecule has 0 atom stereocenters. The zero-order valence-electron chi connectivity index (χ0n) is 9.49. The van der Waals surface area contributed by atoms with E-state index in [9.17, 15) is 9.59 Å². The maximum absolute atomic E-state index is 11.5. The lowest BCUT2D eigenvalue weighted by Gasteiger charge is -2.30. The molecule has 0 saturated carbocycles. The van der Waals surface area contributed by atoms with Crippen molar-refractivity contribution in [2.24, 2.45) is 5.92 Å². The van der Waals surface area contributed by atoms with E-state index in [2.05, 4.69) is 11.7 Å². The number of carbonyl (C=O) groups excluding carboxylic acids is 2. The summed E-state index contributed by atoms with van der Waals surface area (Å²) in [6, 6.07) is 0. The molecule has 1 saturated heterocycles. The molecule has 4 heteroatoms. The first-order chi connectivity index (χ1) is 7.19. The fraction of sp³-hybridized carbons (Fsp3) is 0.818. The van der Waals surface area contributed by atoms with E-state index in [-0.39, 0.29) is 6.61 Å². The molecule has 1 aliphatic heterocycles. The van der Waals surface area contributed by atoms with Crippen molar-refractivity contribution in [2.45, 2.75) is 33.1 Å². The number of hydrogen-bond acceptors (Lipinski definition) is 3. The predicted octanol–water partition coefficient (Wildman–Crippen LogP) is 1.20. The van der Waals surface area contributed by atoms with Crippen LogP contribution in [-0.2, 0) is 14.3 Å². The van der Waals surface area contributed by atoms with Gasteiger partial charge in [-0.05, 0) is 25.7 Å². The quantitative estimate of drug-likeness (QED) is 0.511. The second-order valence-corrected chi connectivity index (χ2v) is 3.86. The molecule has 0 N–H and O–H groups in total. The van der Waals surface area contributed by atoms with E-state index < -0.39 is 11.9 Å². The maximum Gasteiger partial charge on any atom is 0.397 e. The summed E-state index contributed by atoms with van der Waals surface area (Å²) in [6.45, 7) is 5.50. The number of likely N-dealkylation sites (tertiary alicyclic amines) is 1. The van der Waals surface area contributed by atoms with Gasteiger partial charge in [0, 0.05) is 13.1 Å². The number of esters is 1. The smallest absolute Gasteiger partial charge is 0.397 e. The molecule has 0 aliphatic carbocycles. The van der Waals surface area contributed by atoms with Crippen molar-refractivity contribution in [3.05, 3.63) is 0 Å². The fourth-order valence-corrected chi connectivity index (χ4v) is 1.87. The summed E-state index contributed by atoms with van der Waals surface area (Å²) in [6.07, 6.45) is 3.16. The normalized spacial score (nSPS) is 17.6. The summed E-state index contributed by atoms with van der Waals surface area (Å²) in [5.41, 5.74) is 0. The highest BCUT2D eigenvalue weighted by molar-refractivity contribution is 6.32. The van der Waals surface area contributed by atoms with Crippen LogP contribution in [0.3, 0.4) is 0 Å². The summed E-state index contributed by atoms with van der Waals surface area (Å²) in [5.74, 6) is -0.491. The van der Waals surface area contributed by atoms with E-state index in [1.165, 1.54) is 0 Å². The van der Waals surface area contributed by atoms with Crippen molar-refractivity contribution >= 4 is 11.9 Å². The van der Waals surface area contributed by atoms with Gasteiger partial charge >= 0.3 is 11.9 Å². The van der Waals surface area contributed by atoms with Gasteiger partial charge in [0.1, 0.15) is 0 Å². The summed E-state index contributed by atoms with van der Waals surface area (Å²) in [7, 11) is 0. The topological polar surface area (TPSA) is 46.6 Å². The van der Waals surface area contributed by atoms with Crippen molar-refractivity contribution < 1.29 is 14.3 Å². The lowest BCUT2D eigenvalue weighted by atomic mass is 9.94. The molecule has 0 spiro atoms.